The number of nitrogens with zero attached hydrogens (tertiary/aromatic N) is 2. The molecule has 34 heavy (non-hydrogen) atoms. The molecule has 0 N–H and O–H groups in total. The molecular formula is C24H23FN2O6S. The van der Waals surface area contributed by atoms with Crippen molar-refractivity contribution < 1.29 is 26.7 Å². The molecule has 4 aromatic rings. The summed E-state index contributed by atoms with van der Waals surface area (Å²) in [6.07, 6.45) is 2.51. The zero-order valence-corrected chi connectivity index (χ0v) is 19.6. The van der Waals surface area contributed by atoms with Crippen LogP contribution in [0.1, 0.15) is 18.5 Å². The Morgan fingerprint density at radius 2 is 1.91 bits per heavy atom. The largest absolute Gasteiger partial charge is 0.493 e. The van der Waals surface area contributed by atoms with Gasteiger partial charge >= 0.3 is 5.76 Å². The van der Waals surface area contributed by atoms with Gasteiger partial charge in [-0.2, -0.15) is 0 Å². The third-order valence-electron chi connectivity index (χ3n) is 5.28. The molecular weight excluding hydrogens is 463 g/mol. The van der Waals surface area contributed by atoms with Crippen molar-refractivity contribution in [3.05, 3.63) is 76.7 Å². The van der Waals surface area contributed by atoms with Gasteiger partial charge < -0.3 is 13.9 Å². The Bertz CT molecular complexity index is 1510. The molecule has 0 spiro atoms. The van der Waals surface area contributed by atoms with Crippen LogP contribution in [0.3, 0.4) is 0 Å². The monoisotopic (exact) mass is 486 g/mol. The second-order valence-electron chi connectivity index (χ2n) is 7.72. The first kappa shape index (κ1) is 23.5. The summed E-state index contributed by atoms with van der Waals surface area (Å²) < 4.78 is 56.4. The second-order valence-corrected chi connectivity index (χ2v) is 9.90. The molecule has 0 amide bonds. The van der Waals surface area contributed by atoms with E-state index in [0.29, 0.717) is 34.8 Å². The van der Waals surface area contributed by atoms with Gasteiger partial charge in [0.25, 0.3) is 0 Å². The minimum absolute atomic E-state index is 0.114. The summed E-state index contributed by atoms with van der Waals surface area (Å²) in [4.78, 5) is 17.3. The summed E-state index contributed by atoms with van der Waals surface area (Å²) in [5.74, 6) is -0.717. The third-order valence-corrected chi connectivity index (χ3v) is 6.21. The van der Waals surface area contributed by atoms with E-state index in [-0.39, 0.29) is 17.0 Å². The SMILES string of the molecule is CCOc1cc(C(CS(C)(=O)=O)n2c(=O)oc3cc(-c4ccccc4F)cnc32)ccc1OC. The zero-order chi connectivity index (χ0) is 24.5. The van der Waals surface area contributed by atoms with Crippen LogP contribution in [0.15, 0.2) is 63.9 Å². The van der Waals surface area contributed by atoms with Gasteiger partial charge in [0, 0.05) is 23.6 Å². The zero-order valence-electron chi connectivity index (χ0n) is 18.8. The molecule has 0 aliphatic rings. The lowest BCUT2D eigenvalue weighted by atomic mass is 10.1. The normalized spacial score (nSPS) is 12.6. The van der Waals surface area contributed by atoms with Gasteiger partial charge in [-0.15, -0.1) is 0 Å². The van der Waals surface area contributed by atoms with Crippen LogP contribution in [0.25, 0.3) is 22.4 Å². The van der Waals surface area contributed by atoms with Crippen LogP contribution >= 0.6 is 0 Å². The highest BCUT2D eigenvalue weighted by atomic mass is 32.2. The predicted molar refractivity (Wildman–Crippen MR) is 126 cm³/mol. The number of oxazole rings is 1. The van der Waals surface area contributed by atoms with Crippen molar-refractivity contribution in [3.8, 4) is 22.6 Å². The van der Waals surface area contributed by atoms with Crippen LogP contribution in [0.2, 0.25) is 0 Å². The third kappa shape index (κ3) is 4.67. The quantitative estimate of drug-likeness (QED) is 0.373. The Kier molecular flexibility index (Phi) is 6.43. The molecule has 1 unspecified atom stereocenters. The van der Waals surface area contributed by atoms with Gasteiger partial charge in [-0.05, 0) is 36.8 Å². The molecule has 1 atom stereocenters. The van der Waals surface area contributed by atoms with Crippen LogP contribution in [0.5, 0.6) is 11.5 Å². The fourth-order valence-electron chi connectivity index (χ4n) is 3.82. The molecule has 2 aromatic heterocycles. The van der Waals surface area contributed by atoms with Crippen molar-refractivity contribution in [2.45, 2.75) is 13.0 Å². The van der Waals surface area contributed by atoms with Crippen LogP contribution in [-0.4, -0.2) is 43.7 Å². The number of rotatable bonds is 8. The van der Waals surface area contributed by atoms with Crippen LogP contribution in [0, 0.1) is 5.82 Å². The maximum Gasteiger partial charge on any atom is 0.421 e. The van der Waals surface area contributed by atoms with Gasteiger partial charge in [-0.25, -0.2) is 27.2 Å². The van der Waals surface area contributed by atoms with Gasteiger partial charge in [-0.3, -0.25) is 0 Å². The molecule has 0 fully saturated rings. The van der Waals surface area contributed by atoms with Crippen molar-refractivity contribution in [2.24, 2.45) is 0 Å². The molecule has 0 aliphatic carbocycles. The summed E-state index contributed by atoms with van der Waals surface area (Å²) in [6, 6.07) is 11.7. The lowest BCUT2D eigenvalue weighted by molar-refractivity contribution is 0.310. The summed E-state index contributed by atoms with van der Waals surface area (Å²) in [7, 11) is -2.03. The highest BCUT2D eigenvalue weighted by molar-refractivity contribution is 7.90. The fourth-order valence-corrected chi connectivity index (χ4v) is 4.73. The number of benzene rings is 2. The molecule has 0 aliphatic heterocycles. The van der Waals surface area contributed by atoms with Crippen LogP contribution in [0.4, 0.5) is 4.39 Å². The van der Waals surface area contributed by atoms with Crippen molar-refractivity contribution in [1.82, 2.24) is 9.55 Å². The molecule has 2 heterocycles. The number of hydrogen-bond acceptors (Lipinski definition) is 7. The van der Waals surface area contributed by atoms with Crippen molar-refractivity contribution in [3.63, 3.8) is 0 Å². The Labute approximate surface area is 195 Å². The highest BCUT2D eigenvalue weighted by Crippen LogP contribution is 2.33. The second kappa shape index (κ2) is 9.30. The average molecular weight is 487 g/mol. The Hall–Kier alpha value is -3.66. The van der Waals surface area contributed by atoms with E-state index in [4.69, 9.17) is 13.9 Å². The molecule has 4 rings (SSSR count). The van der Waals surface area contributed by atoms with E-state index < -0.39 is 27.5 Å². The Balaban J connectivity index is 1.89. The van der Waals surface area contributed by atoms with E-state index in [1.54, 1.807) is 36.4 Å². The predicted octanol–water partition coefficient (Wildman–Crippen LogP) is 3.84. The van der Waals surface area contributed by atoms with Crippen LogP contribution in [-0.2, 0) is 9.84 Å². The minimum Gasteiger partial charge on any atom is -0.493 e. The highest BCUT2D eigenvalue weighted by Gasteiger charge is 2.27. The molecule has 0 bridgehead atoms. The maximum atomic E-state index is 14.2. The number of halogens is 1. The molecule has 10 heteroatoms. The summed E-state index contributed by atoms with van der Waals surface area (Å²) in [6.45, 7) is 2.18. The fraction of sp³-hybridized carbons (Fsp3) is 0.250. The van der Waals surface area contributed by atoms with E-state index >= 15 is 0 Å². The lowest BCUT2D eigenvalue weighted by Crippen LogP contribution is -2.27. The average Bonchev–Trinajstić information content (AvgIpc) is 3.12. The van der Waals surface area contributed by atoms with E-state index in [9.17, 15) is 17.6 Å². The first-order chi connectivity index (χ1) is 16.2. The summed E-state index contributed by atoms with van der Waals surface area (Å²) in [5, 5.41) is 0. The van der Waals surface area contributed by atoms with Gasteiger partial charge in [-0.1, -0.05) is 24.3 Å². The number of aromatic nitrogens is 2. The van der Waals surface area contributed by atoms with Crippen molar-refractivity contribution in [2.75, 3.05) is 25.7 Å². The molecule has 8 nitrogen and oxygen atoms in total. The van der Waals surface area contributed by atoms with Gasteiger partial charge in [0.15, 0.2) is 22.7 Å². The number of hydrogen-bond donors (Lipinski definition) is 0. The van der Waals surface area contributed by atoms with Crippen LogP contribution < -0.4 is 15.2 Å². The summed E-state index contributed by atoms with van der Waals surface area (Å²) in [5.41, 5.74) is 1.49. The smallest absolute Gasteiger partial charge is 0.421 e. The van der Waals surface area contributed by atoms with E-state index in [1.165, 1.54) is 30.0 Å². The Morgan fingerprint density at radius 1 is 1.15 bits per heavy atom. The minimum atomic E-state index is -3.53. The molecule has 0 saturated heterocycles. The lowest BCUT2D eigenvalue weighted by Gasteiger charge is -2.19. The van der Waals surface area contributed by atoms with Gasteiger partial charge in [0.1, 0.15) is 15.7 Å². The number of methoxy groups -OCH3 is 1. The number of ether oxygens (including phenoxy) is 2. The maximum absolute atomic E-state index is 14.2. The van der Waals surface area contributed by atoms with E-state index in [1.807, 2.05) is 6.92 Å². The number of sulfone groups is 1. The van der Waals surface area contributed by atoms with Crippen molar-refractivity contribution in [1.29, 1.82) is 0 Å². The standard InChI is InChI=1S/C24H23FN2O6S/c1-4-32-21-11-15(9-10-20(21)31-2)19(14-34(3,29)30)27-23-22(33-24(27)28)12-16(13-26-23)17-7-5-6-8-18(17)25/h5-13,19H,4,14H2,1-3H3. The van der Waals surface area contributed by atoms with Gasteiger partial charge in [0.2, 0.25) is 0 Å². The molecule has 2 aromatic carbocycles. The summed E-state index contributed by atoms with van der Waals surface area (Å²) >= 11 is 0. The topological polar surface area (TPSA) is 101 Å². The molecule has 0 radical (unpaired) electrons. The first-order valence-corrected chi connectivity index (χ1v) is 12.5. The number of fused-ring (bicyclic) bond motifs is 1. The first-order valence-electron chi connectivity index (χ1n) is 10.5. The molecule has 0 saturated carbocycles. The Morgan fingerprint density at radius 3 is 2.59 bits per heavy atom. The van der Waals surface area contributed by atoms with E-state index in [0.717, 1.165) is 6.26 Å². The van der Waals surface area contributed by atoms with E-state index in [2.05, 4.69) is 4.98 Å². The molecule has 178 valence electrons. The van der Waals surface area contributed by atoms with Crippen molar-refractivity contribution >= 4 is 21.1 Å². The number of pyridine rings is 1. The van der Waals surface area contributed by atoms with Gasteiger partial charge in [0.05, 0.1) is 25.5 Å².